The van der Waals surface area contributed by atoms with Gasteiger partial charge in [0.15, 0.2) is 0 Å². The van der Waals surface area contributed by atoms with Gasteiger partial charge in [0.25, 0.3) is 0 Å². The lowest BCUT2D eigenvalue weighted by Gasteiger charge is -2.40. The van der Waals surface area contributed by atoms with Crippen molar-refractivity contribution in [3.05, 3.63) is 264 Å². The Kier molecular flexibility index (Phi) is 7.62. The highest BCUT2D eigenvalue weighted by Gasteiger charge is 2.50. The van der Waals surface area contributed by atoms with E-state index in [4.69, 9.17) is 0 Å². The maximum Gasteiger partial charge on any atom is 0.0736 e. The second-order valence-electron chi connectivity index (χ2n) is 16.9. The Balaban J connectivity index is 1.08. The number of benzene rings is 9. The van der Waals surface area contributed by atoms with Crippen molar-refractivity contribution in [3.63, 3.8) is 0 Å². The molecule has 0 radical (unpaired) electrons. The van der Waals surface area contributed by atoms with Crippen LogP contribution in [0.1, 0.15) is 46.0 Å². The third-order valence-corrected chi connectivity index (χ3v) is 15.0. The largest absolute Gasteiger partial charge is 0.312 e. The highest BCUT2D eigenvalue weighted by atomic mass is 32.2. The van der Waals surface area contributed by atoms with E-state index in [1.165, 1.54) is 82.0 Å². The predicted molar refractivity (Wildman–Crippen MR) is 257 cm³/mol. The first-order valence-corrected chi connectivity index (χ1v) is 22.3. The van der Waals surface area contributed by atoms with E-state index >= 15 is 0 Å². The molecule has 0 amide bonds. The number of aromatic nitrogens is 1. The fourth-order valence-corrected chi connectivity index (χ4v) is 12.5. The smallest absolute Gasteiger partial charge is 0.0736 e. The minimum atomic E-state index is -0.466. The topological polar surface area (TPSA) is 8.17 Å². The van der Waals surface area contributed by atoms with Crippen LogP contribution in [0.4, 0.5) is 17.1 Å². The Morgan fingerprint density at radius 2 is 0.952 bits per heavy atom. The van der Waals surface area contributed by atoms with E-state index in [0.717, 1.165) is 22.7 Å². The summed E-state index contributed by atoms with van der Waals surface area (Å²) in [5.41, 5.74) is 19.4. The average molecular weight is 809 g/mol. The molecule has 3 aliphatic rings. The van der Waals surface area contributed by atoms with Crippen molar-refractivity contribution in [1.82, 2.24) is 4.57 Å². The fraction of sp³-hybridized carbons (Fsp3) is 0.0508. The molecule has 0 saturated carbocycles. The summed E-state index contributed by atoms with van der Waals surface area (Å²) < 4.78 is 2.53. The van der Waals surface area contributed by atoms with E-state index in [1.54, 1.807) is 0 Å². The van der Waals surface area contributed by atoms with Gasteiger partial charge in [-0.1, -0.05) is 169 Å². The Morgan fingerprint density at radius 3 is 1.66 bits per heavy atom. The third kappa shape index (κ3) is 4.72. The molecule has 13 rings (SSSR count). The van der Waals surface area contributed by atoms with Crippen LogP contribution in [0.15, 0.2) is 234 Å². The lowest BCUT2D eigenvalue weighted by molar-refractivity contribution is 0.671. The summed E-state index contributed by atoms with van der Waals surface area (Å²) in [6.45, 7) is 2.42. The molecule has 62 heavy (non-hydrogen) atoms. The Morgan fingerprint density at radius 1 is 0.419 bits per heavy atom. The molecule has 1 aliphatic heterocycles. The third-order valence-electron chi connectivity index (χ3n) is 13.9. The molecule has 0 fully saturated rings. The van der Waals surface area contributed by atoms with E-state index in [-0.39, 0.29) is 5.41 Å². The second kappa shape index (κ2) is 13.3. The van der Waals surface area contributed by atoms with Gasteiger partial charge in [-0.05, 0) is 124 Å². The molecule has 1 spiro atoms. The zero-order valence-electron chi connectivity index (χ0n) is 34.2. The number of hydrogen-bond donors (Lipinski definition) is 0. The van der Waals surface area contributed by atoms with Crippen LogP contribution in [-0.4, -0.2) is 4.57 Å². The van der Waals surface area contributed by atoms with E-state index in [1.807, 2.05) is 11.8 Å². The molecule has 1 unspecified atom stereocenters. The van der Waals surface area contributed by atoms with Crippen molar-refractivity contribution < 1.29 is 0 Å². The zero-order chi connectivity index (χ0) is 41.0. The van der Waals surface area contributed by atoms with Crippen LogP contribution in [0.5, 0.6) is 0 Å². The summed E-state index contributed by atoms with van der Waals surface area (Å²) in [4.78, 5) is 5.07. The molecule has 0 bridgehead atoms. The highest BCUT2D eigenvalue weighted by molar-refractivity contribution is 7.99. The zero-order valence-corrected chi connectivity index (χ0v) is 35.0. The average Bonchev–Trinajstić information content (AvgIpc) is 3.93. The summed E-state index contributed by atoms with van der Waals surface area (Å²) in [6, 6.07) is 83.5. The van der Waals surface area contributed by atoms with Crippen molar-refractivity contribution in [1.29, 1.82) is 0 Å². The number of nitrogens with zero attached hydrogens (tertiary/aromatic N) is 2. The van der Waals surface area contributed by atoms with Crippen LogP contribution >= 0.6 is 11.8 Å². The molecule has 1 atom stereocenters. The van der Waals surface area contributed by atoms with Crippen molar-refractivity contribution in [3.8, 4) is 27.9 Å². The molecule has 0 N–H and O–H groups in total. The van der Waals surface area contributed by atoms with Crippen LogP contribution < -0.4 is 4.90 Å². The molecule has 1 aromatic heterocycles. The standard InChI is InChI=1S/C59H40N2S/c1-58(39-19-5-2-6-20-39)48-28-14-13-27-46(48)56-47-37-42(33-35-53(47)61(57(56)58)41-23-9-4-10-24-41)60(40-21-7-3-8-22-40)43-34-36-55-52(38-43)59(51-31-17-18-32-54(51)62-55)49-29-15-11-25-44(49)45-26-12-16-30-50(45)59/h2-38H,1H3. The van der Waals surface area contributed by atoms with Gasteiger partial charge >= 0.3 is 0 Å². The van der Waals surface area contributed by atoms with Gasteiger partial charge in [-0.2, -0.15) is 0 Å². The predicted octanol–water partition coefficient (Wildman–Crippen LogP) is 15.3. The van der Waals surface area contributed by atoms with E-state index in [0.29, 0.717) is 0 Å². The van der Waals surface area contributed by atoms with Crippen LogP contribution in [0.3, 0.4) is 0 Å². The van der Waals surface area contributed by atoms with Gasteiger partial charge in [0.1, 0.15) is 0 Å². The molecule has 9 aromatic carbocycles. The molecule has 2 aliphatic carbocycles. The normalized spacial score (nSPS) is 16.0. The molecule has 3 heteroatoms. The van der Waals surface area contributed by atoms with Gasteiger partial charge in [-0.25, -0.2) is 0 Å². The van der Waals surface area contributed by atoms with Gasteiger partial charge in [-0.15, -0.1) is 0 Å². The monoisotopic (exact) mass is 808 g/mol. The minimum Gasteiger partial charge on any atom is -0.312 e. The molecule has 0 saturated heterocycles. The lowest BCUT2D eigenvalue weighted by atomic mass is 9.67. The van der Waals surface area contributed by atoms with E-state index < -0.39 is 5.41 Å². The molecule has 292 valence electrons. The number of anilines is 3. The van der Waals surface area contributed by atoms with Crippen molar-refractivity contribution >= 4 is 39.7 Å². The minimum absolute atomic E-state index is 0.379. The van der Waals surface area contributed by atoms with Crippen molar-refractivity contribution in [2.75, 3.05) is 4.90 Å². The Bertz CT molecular complexity index is 3360. The van der Waals surface area contributed by atoms with Crippen LogP contribution in [0.2, 0.25) is 0 Å². The van der Waals surface area contributed by atoms with E-state index in [2.05, 4.69) is 241 Å². The van der Waals surface area contributed by atoms with E-state index in [9.17, 15) is 0 Å². The highest BCUT2D eigenvalue weighted by Crippen LogP contribution is 2.63. The summed E-state index contributed by atoms with van der Waals surface area (Å²) in [7, 11) is 0. The van der Waals surface area contributed by atoms with Crippen LogP contribution in [0, 0.1) is 0 Å². The maximum atomic E-state index is 2.53. The SMILES string of the molecule is CC1(c2ccccc2)c2ccccc2-c2c1n(-c1ccccc1)c1ccc(N(c3ccccc3)c3ccc4c(c3)C3(c5ccccc5S4)c4ccccc4-c4ccccc43)cc21. The summed E-state index contributed by atoms with van der Waals surface area (Å²) in [5.74, 6) is 0. The molecule has 2 nitrogen and oxygen atoms in total. The first-order valence-electron chi connectivity index (χ1n) is 21.5. The summed E-state index contributed by atoms with van der Waals surface area (Å²) in [5, 5.41) is 1.24. The molecular formula is C59H40N2S. The van der Waals surface area contributed by atoms with Gasteiger partial charge in [-0.3, -0.25) is 0 Å². The molecular weight excluding hydrogens is 769 g/mol. The summed E-state index contributed by atoms with van der Waals surface area (Å²) in [6.07, 6.45) is 0. The van der Waals surface area contributed by atoms with Crippen molar-refractivity contribution in [2.45, 2.75) is 27.5 Å². The molecule has 10 aromatic rings. The Hall–Kier alpha value is -7.33. The lowest BCUT2D eigenvalue weighted by Crippen LogP contribution is -2.32. The quantitative estimate of drug-likeness (QED) is 0.171. The second-order valence-corrected chi connectivity index (χ2v) is 18.0. The van der Waals surface area contributed by atoms with Crippen LogP contribution in [0.25, 0.3) is 38.8 Å². The van der Waals surface area contributed by atoms with Gasteiger partial charge in [0, 0.05) is 49.2 Å². The first-order chi connectivity index (χ1) is 30.7. The van der Waals surface area contributed by atoms with Gasteiger partial charge < -0.3 is 9.47 Å². The van der Waals surface area contributed by atoms with Crippen LogP contribution in [-0.2, 0) is 10.8 Å². The summed E-state index contributed by atoms with van der Waals surface area (Å²) >= 11 is 1.89. The fourth-order valence-electron chi connectivity index (χ4n) is 11.3. The number of para-hydroxylation sites is 2. The Labute approximate surface area is 366 Å². The van der Waals surface area contributed by atoms with Gasteiger partial charge in [0.2, 0.25) is 0 Å². The van der Waals surface area contributed by atoms with Gasteiger partial charge in [0.05, 0.1) is 16.3 Å². The first kappa shape index (κ1) is 35.4. The number of hydrogen-bond acceptors (Lipinski definition) is 2. The maximum absolute atomic E-state index is 2.53. The van der Waals surface area contributed by atoms with Crippen molar-refractivity contribution in [2.24, 2.45) is 0 Å². The molecule has 2 heterocycles. The number of rotatable bonds is 5. The number of fused-ring (bicyclic) bond motifs is 14.